The molecule has 1 aliphatic rings. The minimum atomic E-state index is -0.541. The highest BCUT2D eigenvalue weighted by Gasteiger charge is 2.38. The Morgan fingerprint density at radius 3 is 2.92 bits per heavy atom. The summed E-state index contributed by atoms with van der Waals surface area (Å²) in [4.78, 5) is 18.8. The number of carbonyl (C=O) groups is 1. The van der Waals surface area contributed by atoms with Crippen molar-refractivity contribution in [1.29, 1.82) is 0 Å². The normalized spacial score (nSPS) is 20.9. The molecule has 1 aliphatic heterocycles. The van der Waals surface area contributed by atoms with Crippen LogP contribution in [0.15, 0.2) is 22.7 Å². The van der Waals surface area contributed by atoms with Crippen molar-refractivity contribution in [2.75, 3.05) is 20.3 Å². The Bertz CT molecular complexity index is 749. The van der Waals surface area contributed by atoms with E-state index in [1.54, 1.807) is 11.8 Å². The predicted octanol–water partition coefficient (Wildman–Crippen LogP) is 2.13. The summed E-state index contributed by atoms with van der Waals surface area (Å²) in [5.74, 6) is 0.191. The van der Waals surface area contributed by atoms with Crippen molar-refractivity contribution in [3.05, 3.63) is 41.3 Å². The minimum absolute atomic E-state index is 0.146. The Morgan fingerprint density at radius 2 is 2.25 bits per heavy atom. The number of ether oxygens (including phenoxy) is 2. The number of aryl methyl sites for hydroxylation is 1. The van der Waals surface area contributed by atoms with Gasteiger partial charge in [-0.1, -0.05) is 5.16 Å². The molecule has 1 aromatic heterocycles. The largest absolute Gasteiger partial charge is 0.496 e. The van der Waals surface area contributed by atoms with Crippen LogP contribution in [-0.4, -0.2) is 47.3 Å². The van der Waals surface area contributed by atoms with Crippen molar-refractivity contribution in [2.24, 2.45) is 0 Å². The van der Waals surface area contributed by atoms with E-state index in [1.165, 1.54) is 19.2 Å². The van der Waals surface area contributed by atoms with Crippen LogP contribution in [0.5, 0.6) is 5.75 Å². The molecule has 1 amide bonds. The van der Waals surface area contributed by atoms with Gasteiger partial charge in [0.1, 0.15) is 17.6 Å². The first-order valence-electron chi connectivity index (χ1n) is 7.57. The van der Waals surface area contributed by atoms with Gasteiger partial charge in [-0.2, -0.15) is 4.98 Å². The quantitative estimate of drug-likeness (QED) is 0.855. The fourth-order valence-electron chi connectivity index (χ4n) is 2.82. The zero-order valence-corrected chi connectivity index (χ0v) is 13.7. The molecule has 24 heavy (non-hydrogen) atoms. The predicted molar refractivity (Wildman–Crippen MR) is 81.2 cm³/mol. The molecule has 1 aromatic carbocycles. The minimum Gasteiger partial charge on any atom is -0.496 e. The first kappa shape index (κ1) is 16.4. The summed E-state index contributed by atoms with van der Waals surface area (Å²) in [6, 6.07) is 3.30. The van der Waals surface area contributed by atoms with Crippen LogP contribution in [0.1, 0.15) is 35.0 Å². The Kier molecular flexibility index (Phi) is 4.48. The zero-order chi connectivity index (χ0) is 17.3. The number of aromatic nitrogens is 2. The molecular weight excluding hydrogens is 317 g/mol. The van der Waals surface area contributed by atoms with Crippen molar-refractivity contribution in [2.45, 2.75) is 26.0 Å². The van der Waals surface area contributed by atoms with Gasteiger partial charge in [0.2, 0.25) is 0 Å². The molecule has 1 fully saturated rings. The molecule has 2 heterocycles. The third-order valence-electron chi connectivity index (χ3n) is 3.94. The van der Waals surface area contributed by atoms with Crippen molar-refractivity contribution in [3.63, 3.8) is 0 Å². The molecule has 0 spiro atoms. The molecule has 0 aliphatic carbocycles. The fourth-order valence-corrected chi connectivity index (χ4v) is 2.82. The molecule has 0 N–H and O–H groups in total. The van der Waals surface area contributed by atoms with E-state index >= 15 is 0 Å². The molecule has 2 atom stereocenters. The number of hydrogen-bond donors (Lipinski definition) is 0. The number of rotatable bonds is 3. The van der Waals surface area contributed by atoms with E-state index in [2.05, 4.69) is 10.1 Å². The lowest BCUT2D eigenvalue weighted by Gasteiger charge is -2.37. The number of methoxy groups -OCH3 is 1. The van der Waals surface area contributed by atoms with Crippen molar-refractivity contribution < 1.29 is 23.2 Å². The maximum absolute atomic E-state index is 13.6. The molecule has 0 radical (unpaired) electrons. The third-order valence-corrected chi connectivity index (χ3v) is 3.94. The molecular formula is C16H18FN3O4. The lowest BCUT2D eigenvalue weighted by molar-refractivity contribution is -0.0601. The zero-order valence-electron chi connectivity index (χ0n) is 13.7. The van der Waals surface area contributed by atoms with Crippen LogP contribution in [0.3, 0.4) is 0 Å². The van der Waals surface area contributed by atoms with Gasteiger partial charge in [0.05, 0.1) is 25.4 Å². The molecule has 0 bridgehead atoms. The van der Waals surface area contributed by atoms with E-state index in [0.29, 0.717) is 30.6 Å². The number of morpholine rings is 1. The highest BCUT2D eigenvalue weighted by Crippen LogP contribution is 2.31. The average molecular weight is 335 g/mol. The Hall–Kier alpha value is -2.48. The highest BCUT2D eigenvalue weighted by molar-refractivity contribution is 5.97. The van der Waals surface area contributed by atoms with Crippen LogP contribution in [0.2, 0.25) is 0 Å². The molecule has 0 saturated carbocycles. The summed E-state index contributed by atoms with van der Waals surface area (Å²) in [6.07, 6.45) is -0.331. The second-order valence-electron chi connectivity index (χ2n) is 5.54. The van der Waals surface area contributed by atoms with Gasteiger partial charge in [-0.3, -0.25) is 4.79 Å². The molecule has 2 aromatic rings. The lowest BCUT2D eigenvalue weighted by Crippen LogP contribution is -2.47. The Morgan fingerprint density at radius 1 is 1.46 bits per heavy atom. The first-order chi connectivity index (χ1) is 11.5. The van der Waals surface area contributed by atoms with Gasteiger partial charge in [-0.15, -0.1) is 0 Å². The summed E-state index contributed by atoms with van der Waals surface area (Å²) < 4.78 is 29.7. The van der Waals surface area contributed by atoms with Crippen LogP contribution >= 0.6 is 0 Å². The number of amides is 1. The van der Waals surface area contributed by atoms with Crippen LogP contribution in [-0.2, 0) is 4.74 Å². The van der Waals surface area contributed by atoms with Gasteiger partial charge in [0.25, 0.3) is 11.8 Å². The highest BCUT2D eigenvalue weighted by atomic mass is 19.1. The SMILES string of the molecule is COc1ccc(F)cc1C(=O)N1CCO[C@H](C)[C@H]1c1nc(C)no1. The third kappa shape index (κ3) is 2.96. The summed E-state index contributed by atoms with van der Waals surface area (Å²) in [7, 11) is 1.44. The Labute approximate surface area is 138 Å². The van der Waals surface area contributed by atoms with Gasteiger partial charge >= 0.3 is 0 Å². The number of halogens is 1. The first-order valence-corrected chi connectivity index (χ1v) is 7.57. The van der Waals surface area contributed by atoms with E-state index in [0.717, 1.165) is 6.07 Å². The average Bonchev–Trinajstić information content (AvgIpc) is 3.00. The van der Waals surface area contributed by atoms with E-state index in [4.69, 9.17) is 14.0 Å². The topological polar surface area (TPSA) is 77.7 Å². The van der Waals surface area contributed by atoms with Gasteiger partial charge in [-0.25, -0.2) is 4.39 Å². The molecule has 3 rings (SSSR count). The fraction of sp³-hybridized carbons (Fsp3) is 0.438. The van der Waals surface area contributed by atoms with Crippen LogP contribution in [0.4, 0.5) is 4.39 Å². The molecule has 7 nitrogen and oxygen atoms in total. The second-order valence-corrected chi connectivity index (χ2v) is 5.54. The molecule has 0 unspecified atom stereocenters. The lowest BCUT2D eigenvalue weighted by atomic mass is 10.1. The van der Waals surface area contributed by atoms with E-state index in [9.17, 15) is 9.18 Å². The van der Waals surface area contributed by atoms with Gasteiger partial charge in [0.15, 0.2) is 5.82 Å². The van der Waals surface area contributed by atoms with E-state index in [1.807, 2.05) is 6.92 Å². The summed E-state index contributed by atoms with van der Waals surface area (Å²) in [5, 5.41) is 3.78. The van der Waals surface area contributed by atoms with Gasteiger partial charge < -0.3 is 18.9 Å². The van der Waals surface area contributed by atoms with Crippen LogP contribution < -0.4 is 4.74 Å². The van der Waals surface area contributed by atoms with E-state index in [-0.39, 0.29) is 17.6 Å². The summed E-state index contributed by atoms with van der Waals surface area (Å²) in [5.41, 5.74) is 0.146. The van der Waals surface area contributed by atoms with E-state index < -0.39 is 11.9 Å². The smallest absolute Gasteiger partial charge is 0.258 e. The maximum atomic E-state index is 13.6. The number of benzene rings is 1. The number of hydrogen-bond acceptors (Lipinski definition) is 6. The van der Waals surface area contributed by atoms with Crippen molar-refractivity contribution in [3.8, 4) is 5.75 Å². The van der Waals surface area contributed by atoms with Gasteiger partial charge in [-0.05, 0) is 32.0 Å². The summed E-state index contributed by atoms with van der Waals surface area (Å²) >= 11 is 0. The van der Waals surface area contributed by atoms with Crippen LogP contribution in [0, 0.1) is 12.7 Å². The summed E-state index contributed by atoms with van der Waals surface area (Å²) in [6.45, 7) is 4.22. The maximum Gasteiger partial charge on any atom is 0.258 e. The van der Waals surface area contributed by atoms with Crippen LogP contribution in [0.25, 0.3) is 0 Å². The van der Waals surface area contributed by atoms with Crippen molar-refractivity contribution >= 4 is 5.91 Å². The number of carbonyl (C=O) groups excluding carboxylic acids is 1. The standard InChI is InChI=1S/C16H18FN3O4/c1-9-14(15-18-10(2)19-24-15)20(6-7-23-9)16(21)12-8-11(17)4-5-13(12)22-3/h4-5,8-9,14H,6-7H2,1-3H3/t9-,14+/m1/s1. The molecule has 1 saturated heterocycles. The van der Waals surface area contributed by atoms with Gasteiger partial charge in [0, 0.05) is 6.54 Å². The Balaban J connectivity index is 1.99. The molecule has 128 valence electrons. The van der Waals surface area contributed by atoms with Crippen molar-refractivity contribution in [1.82, 2.24) is 15.0 Å². The molecule has 8 heteroatoms. The second kappa shape index (κ2) is 6.56. The number of nitrogens with zero attached hydrogens (tertiary/aromatic N) is 3. The monoisotopic (exact) mass is 335 g/mol.